The van der Waals surface area contributed by atoms with Crippen molar-refractivity contribution in [3.05, 3.63) is 46.1 Å². The van der Waals surface area contributed by atoms with Gasteiger partial charge in [-0.15, -0.1) is 10.2 Å². The summed E-state index contributed by atoms with van der Waals surface area (Å²) in [4.78, 5) is 12.3. The zero-order chi connectivity index (χ0) is 20.5. The SMILES string of the molecule is CC(C)[C@H](NC(=O)OC(C)(C)C)c1nnc2n1NC(c1ccc(Cl)cc1)=CS2. The molecule has 0 bridgehead atoms. The van der Waals surface area contributed by atoms with Crippen LogP contribution in [0.25, 0.3) is 5.70 Å². The zero-order valence-electron chi connectivity index (χ0n) is 16.5. The maximum Gasteiger partial charge on any atom is 0.408 e. The van der Waals surface area contributed by atoms with Crippen LogP contribution >= 0.6 is 23.4 Å². The number of hydrogen-bond acceptors (Lipinski definition) is 6. The summed E-state index contributed by atoms with van der Waals surface area (Å²) in [6, 6.07) is 7.20. The fraction of sp³-hybridized carbons (Fsp3) is 0.421. The van der Waals surface area contributed by atoms with Gasteiger partial charge < -0.3 is 10.1 Å². The summed E-state index contributed by atoms with van der Waals surface area (Å²) in [5, 5.41) is 14.8. The Bertz CT molecular complexity index is 887. The maximum absolute atomic E-state index is 12.3. The van der Waals surface area contributed by atoms with E-state index in [1.165, 1.54) is 11.8 Å². The van der Waals surface area contributed by atoms with Gasteiger partial charge in [0.1, 0.15) is 5.60 Å². The molecule has 1 atom stereocenters. The van der Waals surface area contributed by atoms with Crippen molar-refractivity contribution in [2.24, 2.45) is 5.92 Å². The van der Waals surface area contributed by atoms with Crippen LogP contribution in [0, 0.1) is 5.92 Å². The topological polar surface area (TPSA) is 81.1 Å². The normalized spacial score (nSPS) is 14.8. The smallest absolute Gasteiger partial charge is 0.408 e. The van der Waals surface area contributed by atoms with Gasteiger partial charge in [0.2, 0.25) is 5.16 Å². The first-order valence-electron chi connectivity index (χ1n) is 8.98. The molecule has 1 amide bonds. The van der Waals surface area contributed by atoms with Crippen LogP contribution in [0.5, 0.6) is 0 Å². The summed E-state index contributed by atoms with van der Waals surface area (Å²) >= 11 is 7.45. The minimum absolute atomic E-state index is 0.0810. The number of rotatable bonds is 4. The fourth-order valence-corrected chi connectivity index (χ4v) is 3.52. The lowest BCUT2D eigenvalue weighted by Gasteiger charge is -2.27. The van der Waals surface area contributed by atoms with Crippen molar-refractivity contribution in [3.63, 3.8) is 0 Å². The number of nitrogens with zero attached hydrogens (tertiary/aromatic N) is 3. The second-order valence-corrected chi connectivity index (χ2v) is 9.09. The van der Waals surface area contributed by atoms with Crippen molar-refractivity contribution in [2.45, 2.75) is 51.4 Å². The summed E-state index contributed by atoms with van der Waals surface area (Å²) in [5.41, 5.74) is 4.65. The third kappa shape index (κ3) is 4.80. The largest absolute Gasteiger partial charge is 0.444 e. The minimum Gasteiger partial charge on any atom is -0.444 e. The Morgan fingerprint density at radius 1 is 1.25 bits per heavy atom. The van der Waals surface area contributed by atoms with Gasteiger partial charge in [0.05, 0.1) is 11.7 Å². The molecule has 0 saturated carbocycles. The average molecular weight is 422 g/mol. The number of alkyl carbamates (subject to hydrolysis) is 1. The van der Waals surface area contributed by atoms with Gasteiger partial charge in [-0.05, 0) is 38.8 Å². The monoisotopic (exact) mass is 421 g/mol. The highest BCUT2D eigenvalue weighted by Gasteiger charge is 2.29. The Hall–Kier alpha value is -2.19. The van der Waals surface area contributed by atoms with E-state index >= 15 is 0 Å². The molecule has 0 saturated heterocycles. The molecule has 0 aliphatic carbocycles. The predicted molar refractivity (Wildman–Crippen MR) is 112 cm³/mol. The number of carbonyl (C=O) groups excluding carboxylic acids is 1. The van der Waals surface area contributed by atoms with Crippen LogP contribution in [0.15, 0.2) is 34.8 Å². The highest BCUT2D eigenvalue weighted by molar-refractivity contribution is 8.02. The number of nitrogens with one attached hydrogen (secondary N) is 2. The molecule has 0 fully saturated rings. The van der Waals surface area contributed by atoms with Crippen LogP contribution in [0.4, 0.5) is 4.79 Å². The Morgan fingerprint density at radius 2 is 1.93 bits per heavy atom. The number of fused-ring (bicyclic) bond motifs is 1. The lowest BCUT2D eigenvalue weighted by Crippen LogP contribution is -2.38. The molecule has 150 valence electrons. The van der Waals surface area contributed by atoms with Gasteiger partial charge in [-0.3, -0.25) is 5.43 Å². The molecule has 7 nitrogen and oxygen atoms in total. The van der Waals surface area contributed by atoms with E-state index in [0.717, 1.165) is 11.3 Å². The summed E-state index contributed by atoms with van der Waals surface area (Å²) in [6.45, 7) is 9.51. The number of halogens is 1. The van der Waals surface area contributed by atoms with Gasteiger partial charge in [0.25, 0.3) is 0 Å². The van der Waals surface area contributed by atoms with E-state index in [0.29, 0.717) is 16.0 Å². The van der Waals surface area contributed by atoms with E-state index < -0.39 is 11.7 Å². The molecule has 1 aromatic heterocycles. The van der Waals surface area contributed by atoms with Crippen LogP contribution < -0.4 is 10.7 Å². The van der Waals surface area contributed by atoms with E-state index in [9.17, 15) is 4.79 Å². The van der Waals surface area contributed by atoms with Crippen molar-refractivity contribution in [2.75, 3.05) is 5.43 Å². The Morgan fingerprint density at radius 3 is 2.54 bits per heavy atom. The van der Waals surface area contributed by atoms with E-state index in [4.69, 9.17) is 16.3 Å². The number of carbonyl (C=O) groups is 1. The molecule has 0 unspecified atom stereocenters. The molecule has 9 heteroatoms. The fourth-order valence-electron chi connectivity index (χ4n) is 2.65. The van der Waals surface area contributed by atoms with E-state index in [-0.39, 0.29) is 12.0 Å². The average Bonchev–Trinajstić information content (AvgIpc) is 3.01. The molecule has 2 heterocycles. The first-order chi connectivity index (χ1) is 13.1. The molecule has 28 heavy (non-hydrogen) atoms. The number of ether oxygens (including phenoxy) is 1. The first-order valence-corrected chi connectivity index (χ1v) is 10.2. The highest BCUT2D eigenvalue weighted by atomic mass is 35.5. The number of thioether (sulfide) groups is 1. The maximum atomic E-state index is 12.3. The Labute approximate surface area is 173 Å². The first kappa shape index (κ1) is 20.5. The summed E-state index contributed by atoms with van der Waals surface area (Å²) < 4.78 is 7.21. The van der Waals surface area contributed by atoms with E-state index in [1.54, 1.807) is 4.68 Å². The second kappa shape index (κ2) is 8.05. The van der Waals surface area contributed by atoms with Gasteiger partial charge in [-0.1, -0.05) is 49.3 Å². The molecule has 0 radical (unpaired) electrons. The Balaban J connectivity index is 1.83. The molecule has 2 aromatic rings. The molecule has 0 spiro atoms. The molecular formula is C19H24ClN5O2S. The number of hydrogen-bond donors (Lipinski definition) is 2. The van der Waals surface area contributed by atoms with Gasteiger partial charge in [0.15, 0.2) is 5.82 Å². The van der Waals surface area contributed by atoms with Crippen LogP contribution in [-0.2, 0) is 4.74 Å². The summed E-state index contributed by atoms with van der Waals surface area (Å²) in [6.07, 6.45) is -0.486. The van der Waals surface area contributed by atoms with Crippen molar-refractivity contribution < 1.29 is 9.53 Å². The van der Waals surface area contributed by atoms with Crippen LogP contribution in [-0.4, -0.2) is 26.6 Å². The van der Waals surface area contributed by atoms with E-state index in [1.807, 2.05) is 64.3 Å². The van der Waals surface area contributed by atoms with Crippen molar-refractivity contribution >= 4 is 35.2 Å². The highest BCUT2D eigenvalue weighted by Crippen LogP contribution is 2.31. The summed E-state index contributed by atoms with van der Waals surface area (Å²) in [7, 11) is 0. The van der Waals surface area contributed by atoms with Crippen LogP contribution in [0.3, 0.4) is 0 Å². The minimum atomic E-state index is -0.575. The van der Waals surface area contributed by atoms with Gasteiger partial charge in [0, 0.05) is 16.0 Å². The lowest BCUT2D eigenvalue weighted by molar-refractivity contribution is 0.0485. The Kier molecular flexibility index (Phi) is 5.90. The molecular weight excluding hydrogens is 398 g/mol. The molecule has 3 rings (SSSR count). The third-order valence-corrected chi connectivity index (χ3v) is 5.03. The van der Waals surface area contributed by atoms with Crippen molar-refractivity contribution in [1.29, 1.82) is 0 Å². The zero-order valence-corrected chi connectivity index (χ0v) is 18.1. The van der Waals surface area contributed by atoms with Crippen LogP contribution in [0.2, 0.25) is 5.02 Å². The van der Waals surface area contributed by atoms with Crippen LogP contribution in [0.1, 0.15) is 52.0 Å². The molecule has 1 aliphatic rings. The van der Waals surface area contributed by atoms with Gasteiger partial charge >= 0.3 is 6.09 Å². The van der Waals surface area contributed by atoms with Gasteiger partial charge in [-0.2, -0.15) is 0 Å². The third-order valence-electron chi connectivity index (χ3n) is 3.95. The quantitative estimate of drug-likeness (QED) is 0.737. The van der Waals surface area contributed by atoms with Crippen molar-refractivity contribution in [3.8, 4) is 0 Å². The van der Waals surface area contributed by atoms with E-state index in [2.05, 4.69) is 20.9 Å². The second-order valence-electron chi connectivity index (χ2n) is 7.81. The number of amides is 1. The van der Waals surface area contributed by atoms with Crippen molar-refractivity contribution in [1.82, 2.24) is 20.2 Å². The lowest BCUT2D eigenvalue weighted by atomic mass is 10.0. The summed E-state index contributed by atoms with van der Waals surface area (Å²) in [5.74, 6) is 0.695. The number of benzene rings is 1. The van der Waals surface area contributed by atoms with Gasteiger partial charge in [-0.25, -0.2) is 9.47 Å². The predicted octanol–water partition coefficient (Wildman–Crippen LogP) is 4.80. The standard InChI is InChI=1S/C19H24ClN5O2S/c1-11(2)15(21-18(26)27-19(3,4)5)16-22-23-17-25(16)24-14(10-28-17)12-6-8-13(20)9-7-12/h6-11,15,24H,1-5H3,(H,21,26)/t15-/m0/s1. The molecule has 1 aromatic carbocycles. The molecule has 1 aliphatic heterocycles. The number of aromatic nitrogens is 3. The molecule has 2 N–H and O–H groups in total.